The van der Waals surface area contributed by atoms with E-state index in [2.05, 4.69) is 9.97 Å². The van der Waals surface area contributed by atoms with Gasteiger partial charge in [0.25, 0.3) is 5.91 Å². The quantitative estimate of drug-likeness (QED) is 0.741. The van der Waals surface area contributed by atoms with Gasteiger partial charge in [0.2, 0.25) is 0 Å². The predicted octanol–water partition coefficient (Wildman–Crippen LogP) is 2.91. The summed E-state index contributed by atoms with van der Waals surface area (Å²) in [5.41, 5.74) is 0.725. The van der Waals surface area contributed by atoms with Crippen LogP contribution in [0.25, 0.3) is 11.0 Å². The summed E-state index contributed by atoms with van der Waals surface area (Å²) in [4.78, 5) is 22.6. The molecular weight excluding hydrogens is 306 g/mol. The topological polar surface area (TPSA) is 68.5 Å². The van der Waals surface area contributed by atoms with E-state index in [9.17, 15) is 4.79 Å². The molecule has 24 heavy (non-hydrogen) atoms. The van der Waals surface area contributed by atoms with Crippen LogP contribution in [0.15, 0.2) is 53.2 Å². The number of likely N-dealkylation sites (tertiary alicyclic amines) is 1. The number of ether oxygens (including phenoxy) is 1. The first-order valence-electron chi connectivity index (χ1n) is 8.01. The fraction of sp³-hybridized carbons (Fsp3) is 0.278. The third-order valence-corrected chi connectivity index (χ3v) is 4.12. The highest BCUT2D eigenvalue weighted by atomic mass is 16.5. The highest BCUT2D eigenvalue weighted by molar-refractivity contribution is 5.96. The predicted molar refractivity (Wildman–Crippen MR) is 87.8 cm³/mol. The highest BCUT2D eigenvalue weighted by Crippen LogP contribution is 2.22. The first kappa shape index (κ1) is 14.7. The Morgan fingerprint density at radius 1 is 1.21 bits per heavy atom. The SMILES string of the molecule is O=C(c1cc2ccccc2o1)N1CCCC(Oc2ncccn2)C1. The summed E-state index contributed by atoms with van der Waals surface area (Å²) in [6, 6.07) is 11.5. The molecule has 0 saturated carbocycles. The lowest BCUT2D eigenvalue weighted by molar-refractivity contribution is 0.0491. The Balaban J connectivity index is 1.48. The standard InChI is InChI=1S/C18H17N3O3/c22-17(16-11-13-5-1-2-7-15(13)24-16)21-10-3-6-14(12-21)23-18-19-8-4-9-20-18/h1-2,4-5,7-9,11,14H,3,6,10,12H2. The largest absolute Gasteiger partial charge is 0.458 e. The van der Waals surface area contributed by atoms with Crippen LogP contribution < -0.4 is 4.74 Å². The lowest BCUT2D eigenvalue weighted by Crippen LogP contribution is -2.44. The molecule has 6 nitrogen and oxygen atoms in total. The Bertz CT molecular complexity index is 814. The Morgan fingerprint density at radius 3 is 2.88 bits per heavy atom. The number of fused-ring (bicyclic) bond motifs is 1. The number of aromatic nitrogens is 2. The zero-order valence-electron chi connectivity index (χ0n) is 13.1. The van der Waals surface area contributed by atoms with Crippen molar-refractivity contribution in [2.75, 3.05) is 13.1 Å². The summed E-state index contributed by atoms with van der Waals surface area (Å²) >= 11 is 0. The summed E-state index contributed by atoms with van der Waals surface area (Å²) in [7, 11) is 0. The molecule has 1 saturated heterocycles. The second kappa shape index (κ2) is 6.31. The van der Waals surface area contributed by atoms with Crippen LogP contribution in [0.4, 0.5) is 0 Å². The summed E-state index contributed by atoms with van der Waals surface area (Å²) in [6.07, 6.45) is 4.94. The first-order valence-corrected chi connectivity index (χ1v) is 8.01. The van der Waals surface area contributed by atoms with Crippen molar-refractivity contribution < 1.29 is 13.9 Å². The number of hydrogen-bond acceptors (Lipinski definition) is 5. The van der Waals surface area contributed by atoms with Crippen LogP contribution in [0.5, 0.6) is 6.01 Å². The monoisotopic (exact) mass is 323 g/mol. The second-order valence-corrected chi connectivity index (χ2v) is 5.81. The van der Waals surface area contributed by atoms with Crippen molar-refractivity contribution in [3.63, 3.8) is 0 Å². The zero-order chi connectivity index (χ0) is 16.4. The molecule has 3 aromatic rings. The maximum absolute atomic E-state index is 12.7. The van der Waals surface area contributed by atoms with Crippen LogP contribution >= 0.6 is 0 Å². The average molecular weight is 323 g/mol. The molecule has 1 amide bonds. The van der Waals surface area contributed by atoms with Gasteiger partial charge in [0.15, 0.2) is 5.76 Å². The molecule has 1 aromatic carbocycles. The van der Waals surface area contributed by atoms with Crippen molar-refractivity contribution >= 4 is 16.9 Å². The number of furan rings is 1. The van der Waals surface area contributed by atoms with E-state index in [-0.39, 0.29) is 12.0 Å². The number of rotatable bonds is 3. The lowest BCUT2D eigenvalue weighted by atomic mass is 10.1. The molecule has 3 heterocycles. The van der Waals surface area contributed by atoms with E-state index < -0.39 is 0 Å². The van der Waals surface area contributed by atoms with Gasteiger partial charge in [-0.05, 0) is 31.0 Å². The van der Waals surface area contributed by atoms with Crippen LogP contribution in [0, 0.1) is 0 Å². The molecule has 1 unspecified atom stereocenters. The molecule has 1 aliphatic heterocycles. The van der Waals surface area contributed by atoms with E-state index in [0.29, 0.717) is 24.9 Å². The summed E-state index contributed by atoms with van der Waals surface area (Å²) < 4.78 is 11.5. The molecule has 1 fully saturated rings. The summed E-state index contributed by atoms with van der Waals surface area (Å²) in [6.45, 7) is 1.21. The van der Waals surface area contributed by atoms with E-state index in [4.69, 9.17) is 9.15 Å². The summed E-state index contributed by atoms with van der Waals surface area (Å²) in [5, 5.41) is 0.934. The number of amides is 1. The lowest BCUT2D eigenvalue weighted by Gasteiger charge is -2.31. The first-order chi connectivity index (χ1) is 11.8. The number of nitrogens with zero attached hydrogens (tertiary/aromatic N) is 3. The van der Waals surface area contributed by atoms with Gasteiger partial charge in [0, 0.05) is 24.3 Å². The molecule has 2 aromatic heterocycles. The van der Waals surface area contributed by atoms with E-state index in [1.807, 2.05) is 24.3 Å². The molecule has 4 rings (SSSR count). The molecule has 0 radical (unpaired) electrons. The van der Waals surface area contributed by atoms with Gasteiger partial charge >= 0.3 is 6.01 Å². The van der Waals surface area contributed by atoms with Crippen LogP contribution in [0.2, 0.25) is 0 Å². The molecule has 1 aliphatic rings. The minimum Gasteiger partial charge on any atom is -0.458 e. The van der Waals surface area contributed by atoms with Crippen LogP contribution in [-0.4, -0.2) is 40.0 Å². The fourth-order valence-electron chi connectivity index (χ4n) is 2.96. The molecule has 6 heteroatoms. The summed E-state index contributed by atoms with van der Waals surface area (Å²) in [5.74, 6) is 0.265. The molecule has 1 atom stereocenters. The smallest absolute Gasteiger partial charge is 0.316 e. The minimum atomic E-state index is -0.103. The molecule has 122 valence electrons. The van der Waals surface area contributed by atoms with E-state index in [1.54, 1.807) is 29.4 Å². The van der Waals surface area contributed by atoms with Gasteiger partial charge in [-0.25, -0.2) is 9.97 Å². The van der Waals surface area contributed by atoms with Gasteiger partial charge in [0.1, 0.15) is 11.7 Å². The van der Waals surface area contributed by atoms with Crippen LogP contribution in [-0.2, 0) is 0 Å². The number of carbonyl (C=O) groups is 1. The normalized spacial score (nSPS) is 17.8. The Labute approximate surface area is 139 Å². The van der Waals surface area contributed by atoms with Crippen molar-refractivity contribution in [1.29, 1.82) is 0 Å². The molecule has 0 bridgehead atoms. The number of para-hydroxylation sites is 1. The van der Waals surface area contributed by atoms with Crippen molar-refractivity contribution in [3.8, 4) is 6.01 Å². The fourth-order valence-corrected chi connectivity index (χ4v) is 2.96. The third-order valence-electron chi connectivity index (χ3n) is 4.12. The van der Waals surface area contributed by atoms with E-state index >= 15 is 0 Å². The maximum Gasteiger partial charge on any atom is 0.316 e. The van der Waals surface area contributed by atoms with E-state index in [0.717, 1.165) is 23.8 Å². The number of benzene rings is 1. The van der Waals surface area contributed by atoms with Crippen LogP contribution in [0.1, 0.15) is 23.4 Å². The molecule has 0 aliphatic carbocycles. The minimum absolute atomic E-state index is 0.102. The second-order valence-electron chi connectivity index (χ2n) is 5.81. The van der Waals surface area contributed by atoms with Gasteiger partial charge in [-0.2, -0.15) is 0 Å². The van der Waals surface area contributed by atoms with Gasteiger partial charge in [0.05, 0.1) is 6.54 Å². The highest BCUT2D eigenvalue weighted by Gasteiger charge is 2.28. The molecule has 0 spiro atoms. The van der Waals surface area contributed by atoms with Crippen molar-refractivity contribution in [1.82, 2.24) is 14.9 Å². The Morgan fingerprint density at radius 2 is 2.04 bits per heavy atom. The van der Waals surface area contributed by atoms with Crippen molar-refractivity contribution in [2.24, 2.45) is 0 Å². The van der Waals surface area contributed by atoms with Crippen molar-refractivity contribution in [3.05, 3.63) is 54.6 Å². The van der Waals surface area contributed by atoms with Gasteiger partial charge in [-0.3, -0.25) is 4.79 Å². The third kappa shape index (κ3) is 2.95. The van der Waals surface area contributed by atoms with E-state index in [1.165, 1.54) is 0 Å². The number of piperidine rings is 1. The van der Waals surface area contributed by atoms with Gasteiger partial charge in [-0.1, -0.05) is 18.2 Å². The van der Waals surface area contributed by atoms with Gasteiger partial charge < -0.3 is 14.1 Å². The molecular formula is C18H17N3O3. The zero-order valence-corrected chi connectivity index (χ0v) is 13.1. The Hall–Kier alpha value is -2.89. The average Bonchev–Trinajstić information content (AvgIpc) is 3.06. The van der Waals surface area contributed by atoms with Crippen LogP contribution in [0.3, 0.4) is 0 Å². The van der Waals surface area contributed by atoms with Gasteiger partial charge in [-0.15, -0.1) is 0 Å². The van der Waals surface area contributed by atoms with Crippen molar-refractivity contribution in [2.45, 2.75) is 18.9 Å². The number of carbonyl (C=O) groups excluding carboxylic acids is 1. The molecule has 0 N–H and O–H groups in total. The maximum atomic E-state index is 12.7. The Kier molecular flexibility index (Phi) is 3.86. The number of hydrogen-bond donors (Lipinski definition) is 0.